The predicted molar refractivity (Wildman–Crippen MR) is 85.9 cm³/mol. The number of para-hydroxylation sites is 1. The topological polar surface area (TPSA) is 72.7 Å². The number of carbonyl (C=O) groups is 1. The normalized spacial score (nSPS) is 10.5. The van der Waals surface area contributed by atoms with Crippen LogP contribution in [0.3, 0.4) is 0 Å². The van der Waals surface area contributed by atoms with Gasteiger partial charge in [0.25, 0.3) is 0 Å². The number of carbonyl (C=O) groups excluding carboxylic acids is 1. The van der Waals surface area contributed by atoms with Crippen LogP contribution < -0.4 is 5.32 Å². The average Bonchev–Trinajstić information content (AvgIpc) is 3.02. The molecule has 0 saturated carbocycles. The molecular weight excluding hydrogens is 290 g/mol. The molecule has 0 fully saturated rings. The van der Waals surface area contributed by atoms with E-state index < -0.39 is 0 Å². The fourth-order valence-electron chi connectivity index (χ4n) is 2.33. The quantitative estimate of drug-likeness (QED) is 0.780. The second kappa shape index (κ2) is 6.83. The minimum atomic E-state index is -0.0572. The van der Waals surface area contributed by atoms with Gasteiger partial charge in [0.1, 0.15) is 0 Å². The third kappa shape index (κ3) is 3.79. The largest absolute Gasteiger partial charge is 0.348 e. The summed E-state index contributed by atoms with van der Waals surface area (Å²) < 4.78 is 1.62. The maximum atomic E-state index is 12.1. The molecule has 0 saturated heterocycles. The molecule has 1 N–H and O–H groups in total. The van der Waals surface area contributed by atoms with E-state index in [1.165, 1.54) is 0 Å². The van der Waals surface area contributed by atoms with Crippen molar-refractivity contribution in [2.24, 2.45) is 0 Å². The van der Waals surface area contributed by atoms with Crippen LogP contribution in [0.15, 0.2) is 54.6 Å². The predicted octanol–water partition coefficient (Wildman–Crippen LogP) is 1.83. The summed E-state index contributed by atoms with van der Waals surface area (Å²) in [6, 6.07) is 17.5. The summed E-state index contributed by atoms with van der Waals surface area (Å²) in [5.41, 5.74) is 2.99. The zero-order chi connectivity index (χ0) is 16.1. The summed E-state index contributed by atoms with van der Waals surface area (Å²) in [6.07, 6.45) is 0.342. The van der Waals surface area contributed by atoms with Gasteiger partial charge in [-0.15, -0.1) is 5.10 Å². The van der Waals surface area contributed by atoms with Gasteiger partial charge in [-0.1, -0.05) is 48.0 Å². The SMILES string of the molecule is Cc1cccc(CC(=O)NCc2nnnn2-c2ccccc2)c1. The molecule has 0 aliphatic carbocycles. The van der Waals surface area contributed by atoms with Gasteiger partial charge in [0.2, 0.25) is 5.91 Å². The van der Waals surface area contributed by atoms with Crippen LogP contribution in [-0.4, -0.2) is 26.1 Å². The average molecular weight is 307 g/mol. The van der Waals surface area contributed by atoms with Crippen LogP contribution in [0.2, 0.25) is 0 Å². The highest BCUT2D eigenvalue weighted by Crippen LogP contribution is 2.07. The third-order valence-corrected chi connectivity index (χ3v) is 3.43. The summed E-state index contributed by atoms with van der Waals surface area (Å²) in [6.45, 7) is 2.29. The Labute approximate surface area is 134 Å². The van der Waals surface area contributed by atoms with Gasteiger partial charge in [0.05, 0.1) is 18.7 Å². The van der Waals surface area contributed by atoms with Gasteiger partial charge in [-0.2, -0.15) is 4.68 Å². The first-order chi connectivity index (χ1) is 11.2. The molecule has 116 valence electrons. The van der Waals surface area contributed by atoms with Crippen molar-refractivity contribution in [3.8, 4) is 5.69 Å². The molecule has 3 aromatic rings. The van der Waals surface area contributed by atoms with Crippen molar-refractivity contribution in [2.75, 3.05) is 0 Å². The number of amides is 1. The first kappa shape index (κ1) is 14.9. The summed E-state index contributed by atoms with van der Waals surface area (Å²) in [5.74, 6) is 0.534. The number of nitrogens with one attached hydrogen (secondary N) is 1. The standard InChI is InChI=1S/C17H17N5O/c1-13-6-5-7-14(10-13)11-17(23)18-12-16-19-20-21-22(16)15-8-3-2-4-9-15/h2-10H,11-12H2,1H3,(H,18,23). The Hall–Kier alpha value is -3.02. The molecule has 23 heavy (non-hydrogen) atoms. The lowest BCUT2D eigenvalue weighted by atomic mass is 10.1. The summed E-state index contributed by atoms with van der Waals surface area (Å²) in [5, 5.41) is 14.5. The van der Waals surface area contributed by atoms with Crippen LogP contribution in [0.5, 0.6) is 0 Å². The van der Waals surface area contributed by atoms with Gasteiger partial charge in [-0.25, -0.2) is 0 Å². The summed E-state index contributed by atoms with van der Waals surface area (Å²) >= 11 is 0. The van der Waals surface area contributed by atoms with Gasteiger partial charge < -0.3 is 5.32 Å². The van der Waals surface area contributed by atoms with E-state index in [9.17, 15) is 4.79 Å². The molecule has 0 bridgehead atoms. The number of aromatic nitrogens is 4. The van der Waals surface area contributed by atoms with Crippen molar-refractivity contribution in [3.05, 3.63) is 71.5 Å². The maximum Gasteiger partial charge on any atom is 0.224 e. The molecule has 6 nitrogen and oxygen atoms in total. The van der Waals surface area contributed by atoms with Crippen molar-refractivity contribution in [1.29, 1.82) is 0 Å². The van der Waals surface area contributed by atoms with Crippen molar-refractivity contribution in [2.45, 2.75) is 19.9 Å². The molecule has 0 radical (unpaired) electrons. The zero-order valence-corrected chi connectivity index (χ0v) is 12.8. The lowest BCUT2D eigenvalue weighted by Crippen LogP contribution is -2.26. The van der Waals surface area contributed by atoms with Gasteiger partial charge in [0, 0.05) is 0 Å². The van der Waals surface area contributed by atoms with Crippen molar-refractivity contribution in [3.63, 3.8) is 0 Å². The molecule has 1 aromatic heterocycles. The fraction of sp³-hybridized carbons (Fsp3) is 0.176. The van der Waals surface area contributed by atoms with E-state index >= 15 is 0 Å². The number of aryl methyl sites for hydroxylation is 1. The molecule has 1 heterocycles. The molecule has 0 atom stereocenters. The Morgan fingerprint density at radius 2 is 1.96 bits per heavy atom. The van der Waals surface area contributed by atoms with Crippen LogP contribution in [0.1, 0.15) is 17.0 Å². The number of hydrogen-bond donors (Lipinski definition) is 1. The van der Waals surface area contributed by atoms with E-state index in [2.05, 4.69) is 20.8 Å². The molecule has 0 aliphatic heterocycles. The lowest BCUT2D eigenvalue weighted by molar-refractivity contribution is -0.120. The Morgan fingerprint density at radius 1 is 1.13 bits per heavy atom. The third-order valence-electron chi connectivity index (χ3n) is 3.43. The number of hydrogen-bond acceptors (Lipinski definition) is 4. The van der Waals surface area contributed by atoms with E-state index in [0.29, 0.717) is 12.2 Å². The second-order valence-electron chi connectivity index (χ2n) is 5.29. The van der Waals surface area contributed by atoms with E-state index in [1.54, 1.807) is 4.68 Å². The highest BCUT2D eigenvalue weighted by molar-refractivity contribution is 5.78. The van der Waals surface area contributed by atoms with E-state index in [0.717, 1.165) is 16.8 Å². The van der Waals surface area contributed by atoms with Crippen LogP contribution in [0.25, 0.3) is 5.69 Å². The molecule has 0 aliphatic rings. The van der Waals surface area contributed by atoms with Gasteiger partial charge >= 0.3 is 0 Å². The molecule has 3 rings (SSSR count). The first-order valence-electron chi connectivity index (χ1n) is 7.37. The Morgan fingerprint density at radius 3 is 2.74 bits per heavy atom. The summed E-state index contributed by atoms with van der Waals surface area (Å²) in [7, 11) is 0. The number of tetrazole rings is 1. The van der Waals surface area contributed by atoms with Gasteiger partial charge in [0.15, 0.2) is 5.82 Å². The smallest absolute Gasteiger partial charge is 0.224 e. The number of rotatable bonds is 5. The van der Waals surface area contributed by atoms with E-state index in [-0.39, 0.29) is 12.5 Å². The Balaban J connectivity index is 1.63. The minimum absolute atomic E-state index is 0.0572. The zero-order valence-electron chi connectivity index (χ0n) is 12.8. The highest BCUT2D eigenvalue weighted by Gasteiger charge is 2.10. The van der Waals surface area contributed by atoms with Crippen LogP contribution >= 0.6 is 0 Å². The first-order valence-corrected chi connectivity index (χ1v) is 7.37. The number of benzene rings is 2. The van der Waals surface area contributed by atoms with Gasteiger partial charge in [-0.3, -0.25) is 4.79 Å². The van der Waals surface area contributed by atoms with Crippen LogP contribution in [0, 0.1) is 6.92 Å². The molecule has 6 heteroatoms. The fourth-order valence-corrected chi connectivity index (χ4v) is 2.33. The van der Waals surface area contributed by atoms with Crippen LogP contribution in [0.4, 0.5) is 0 Å². The second-order valence-corrected chi connectivity index (χ2v) is 5.29. The molecule has 0 spiro atoms. The summed E-state index contributed by atoms with van der Waals surface area (Å²) in [4.78, 5) is 12.1. The Kier molecular flexibility index (Phi) is 4.42. The van der Waals surface area contributed by atoms with Crippen molar-refractivity contribution >= 4 is 5.91 Å². The minimum Gasteiger partial charge on any atom is -0.348 e. The highest BCUT2D eigenvalue weighted by atomic mass is 16.1. The number of nitrogens with zero attached hydrogens (tertiary/aromatic N) is 4. The van der Waals surface area contributed by atoms with Crippen LogP contribution in [-0.2, 0) is 17.8 Å². The van der Waals surface area contributed by atoms with Crippen molar-refractivity contribution < 1.29 is 4.79 Å². The molecule has 0 unspecified atom stereocenters. The van der Waals surface area contributed by atoms with Gasteiger partial charge in [-0.05, 0) is 35.0 Å². The van der Waals surface area contributed by atoms with Crippen molar-refractivity contribution in [1.82, 2.24) is 25.5 Å². The van der Waals surface area contributed by atoms with E-state index in [1.807, 2.05) is 61.5 Å². The molecular formula is C17H17N5O. The maximum absolute atomic E-state index is 12.1. The van der Waals surface area contributed by atoms with E-state index in [4.69, 9.17) is 0 Å². The molecule has 2 aromatic carbocycles. The lowest BCUT2D eigenvalue weighted by Gasteiger charge is -2.07. The monoisotopic (exact) mass is 307 g/mol. The molecule has 1 amide bonds. The Bertz CT molecular complexity index is 798.